The molecule has 1 atom stereocenters. The number of nitrogens with two attached hydrogens (primary N) is 2. The summed E-state index contributed by atoms with van der Waals surface area (Å²) in [5.41, 5.74) is 17.4. The number of rotatable bonds is 5. The molecule has 8 nitrogen and oxygen atoms in total. The number of aromatic nitrogens is 2. The van der Waals surface area contributed by atoms with Gasteiger partial charge in [-0.25, -0.2) is 9.66 Å². The Morgan fingerprint density at radius 1 is 1.14 bits per heavy atom. The van der Waals surface area contributed by atoms with Crippen LogP contribution in [0.15, 0.2) is 36.7 Å². The van der Waals surface area contributed by atoms with Gasteiger partial charge >= 0.3 is 0 Å². The summed E-state index contributed by atoms with van der Waals surface area (Å²) in [6.07, 6.45) is 9.65. The molecule has 0 spiro atoms. The normalized spacial score (nSPS) is 26.6. The molecule has 4 rings (SSSR count). The summed E-state index contributed by atoms with van der Waals surface area (Å²) >= 11 is 0. The van der Waals surface area contributed by atoms with E-state index in [1.165, 1.54) is 0 Å². The highest BCUT2D eigenvalue weighted by molar-refractivity contribution is 5.77. The van der Waals surface area contributed by atoms with Crippen molar-refractivity contribution in [2.75, 3.05) is 25.0 Å². The Morgan fingerprint density at radius 2 is 1.82 bits per heavy atom. The second-order valence-electron chi connectivity index (χ2n) is 7.56. The Hall–Kier alpha value is -2.71. The Balaban J connectivity index is 1.67. The molecule has 6 N–H and O–H groups in total. The number of anilines is 1. The molecule has 0 radical (unpaired) electrons. The summed E-state index contributed by atoms with van der Waals surface area (Å²) in [7, 11) is 3.27. The first kappa shape index (κ1) is 18.6. The molecule has 0 bridgehead atoms. The van der Waals surface area contributed by atoms with E-state index in [2.05, 4.69) is 15.7 Å². The maximum absolute atomic E-state index is 6.84. The number of ether oxygens (including phenoxy) is 2. The number of methoxy groups -OCH3 is 2. The van der Waals surface area contributed by atoms with Crippen molar-refractivity contribution < 1.29 is 9.47 Å². The quantitative estimate of drug-likeness (QED) is 0.624. The first-order chi connectivity index (χ1) is 13.5. The van der Waals surface area contributed by atoms with Gasteiger partial charge in [0.2, 0.25) is 0 Å². The number of nitrogens with one attached hydrogen (secondary N) is 2. The van der Waals surface area contributed by atoms with Crippen LogP contribution in [0, 0.1) is 5.92 Å². The molecule has 2 heterocycles. The molecule has 28 heavy (non-hydrogen) atoms. The molecule has 8 heteroatoms. The van der Waals surface area contributed by atoms with Gasteiger partial charge in [-0.1, -0.05) is 0 Å². The lowest BCUT2D eigenvalue weighted by Crippen LogP contribution is -2.58. The molecule has 1 aromatic carbocycles. The van der Waals surface area contributed by atoms with Gasteiger partial charge < -0.3 is 31.7 Å². The van der Waals surface area contributed by atoms with E-state index >= 15 is 0 Å². The van der Waals surface area contributed by atoms with Crippen molar-refractivity contribution in [2.24, 2.45) is 17.4 Å². The number of fused-ring (bicyclic) bond motifs is 1. The lowest BCUT2D eigenvalue weighted by Gasteiger charge is -2.42. The van der Waals surface area contributed by atoms with Crippen molar-refractivity contribution in [2.45, 2.75) is 37.4 Å². The molecular formula is C20H28N6O2. The van der Waals surface area contributed by atoms with E-state index in [0.29, 0.717) is 17.4 Å². The van der Waals surface area contributed by atoms with E-state index in [0.717, 1.165) is 42.9 Å². The van der Waals surface area contributed by atoms with Crippen molar-refractivity contribution in [1.82, 2.24) is 9.66 Å². The summed E-state index contributed by atoms with van der Waals surface area (Å²) in [6, 6.07) is 5.94. The molecule has 150 valence electrons. The fourth-order valence-electron chi connectivity index (χ4n) is 4.07. The average molecular weight is 384 g/mol. The van der Waals surface area contributed by atoms with Gasteiger partial charge in [0.1, 0.15) is 17.2 Å². The second kappa shape index (κ2) is 7.37. The smallest absolute Gasteiger partial charge is 0.174 e. The molecule has 1 aliphatic carbocycles. The van der Waals surface area contributed by atoms with Crippen LogP contribution in [0.2, 0.25) is 0 Å². The van der Waals surface area contributed by atoms with Crippen molar-refractivity contribution >= 4 is 11.4 Å². The first-order valence-corrected chi connectivity index (χ1v) is 9.60. The SMILES string of the molecule is COc1cc(NC2=CC(N)(C3CCC(N)CC3)Nn3ccnc32)cc(OC)c1. The van der Waals surface area contributed by atoms with Crippen LogP contribution in [0.25, 0.3) is 5.70 Å². The zero-order valence-corrected chi connectivity index (χ0v) is 16.3. The number of imidazole rings is 1. The molecule has 1 aromatic heterocycles. The summed E-state index contributed by atoms with van der Waals surface area (Å²) < 4.78 is 12.6. The van der Waals surface area contributed by atoms with E-state index < -0.39 is 5.66 Å². The van der Waals surface area contributed by atoms with Crippen molar-refractivity contribution in [1.29, 1.82) is 0 Å². The molecule has 2 aromatic rings. The minimum atomic E-state index is -0.681. The van der Waals surface area contributed by atoms with Gasteiger partial charge in [-0.2, -0.15) is 0 Å². The molecule has 0 amide bonds. The van der Waals surface area contributed by atoms with E-state index in [-0.39, 0.29) is 6.04 Å². The summed E-state index contributed by atoms with van der Waals surface area (Å²) in [4.78, 5) is 4.47. The van der Waals surface area contributed by atoms with Crippen LogP contribution in [0.5, 0.6) is 11.5 Å². The van der Waals surface area contributed by atoms with Crippen molar-refractivity contribution in [3.8, 4) is 11.5 Å². The van der Waals surface area contributed by atoms with Gasteiger partial charge in [-0.05, 0) is 31.8 Å². The Morgan fingerprint density at radius 3 is 2.46 bits per heavy atom. The third kappa shape index (κ3) is 3.53. The minimum Gasteiger partial charge on any atom is -0.497 e. The first-order valence-electron chi connectivity index (χ1n) is 9.60. The predicted molar refractivity (Wildman–Crippen MR) is 110 cm³/mol. The molecule has 2 aliphatic rings. The Bertz CT molecular complexity index is 849. The highest BCUT2D eigenvalue weighted by atomic mass is 16.5. The third-order valence-corrected chi connectivity index (χ3v) is 5.66. The summed E-state index contributed by atoms with van der Waals surface area (Å²) in [6.45, 7) is 0. The van der Waals surface area contributed by atoms with Gasteiger partial charge in [0.25, 0.3) is 0 Å². The molecule has 1 aliphatic heterocycles. The van der Waals surface area contributed by atoms with E-state index in [9.17, 15) is 0 Å². The van der Waals surface area contributed by atoms with Gasteiger partial charge in [-0.15, -0.1) is 0 Å². The molecule has 0 saturated heterocycles. The second-order valence-corrected chi connectivity index (χ2v) is 7.56. The van der Waals surface area contributed by atoms with E-state index in [1.54, 1.807) is 20.4 Å². The molecule has 1 saturated carbocycles. The number of hydrogen-bond acceptors (Lipinski definition) is 7. The highest BCUT2D eigenvalue weighted by Crippen LogP contribution is 2.36. The lowest BCUT2D eigenvalue weighted by molar-refractivity contribution is 0.239. The molecule has 1 unspecified atom stereocenters. The predicted octanol–water partition coefficient (Wildman–Crippen LogP) is 2.08. The Kier molecular flexibility index (Phi) is 4.91. The standard InChI is InChI=1S/C20H28N6O2/c1-27-16-9-15(10-17(11-16)28-2)24-18-12-20(22,13-3-5-14(21)6-4-13)25-26-8-7-23-19(18)26/h7-14,24-25H,3-6,21-22H2,1-2H3. The largest absolute Gasteiger partial charge is 0.497 e. The van der Waals surface area contributed by atoms with Gasteiger partial charge in [0.05, 0.1) is 19.9 Å². The fourth-order valence-corrected chi connectivity index (χ4v) is 4.07. The Labute approximate surface area is 164 Å². The summed E-state index contributed by atoms with van der Waals surface area (Å²) in [5, 5.41) is 3.45. The van der Waals surface area contributed by atoms with Crippen LogP contribution < -0.4 is 31.7 Å². The van der Waals surface area contributed by atoms with Gasteiger partial charge in [-0.3, -0.25) is 0 Å². The summed E-state index contributed by atoms with van der Waals surface area (Å²) in [5.74, 6) is 2.48. The topological polar surface area (TPSA) is 112 Å². The van der Waals surface area contributed by atoms with Crippen molar-refractivity contribution in [3.63, 3.8) is 0 Å². The van der Waals surface area contributed by atoms with Crippen LogP contribution in [0.4, 0.5) is 5.69 Å². The van der Waals surface area contributed by atoms with Crippen LogP contribution in [0.3, 0.4) is 0 Å². The van der Waals surface area contributed by atoms with E-state index in [4.69, 9.17) is 20.9 Å². The number of hydrogen-bond donors (Lipinski definition) is 4. The zero-order valence-electron chi connectivity index (χ0n) is 16.3. The van der Waals surface area contributed by atoms with Gasteiger partial charge in [0, 0.05) is 48.2 Å². The van der Waals surface area contributed by atoms with Crippen LogP contribution >= 0.6 is 0 Å². The monoisotopic (exact) mass is 384 g/mol. The van der Waals surface area contributed by atoms with Crippen LogP contribution in [-0.4, -0.2) is 35.6 Å². The fraction of sp³-hybridized carbons (Fsp3) is 0.450. The van der Waals surface area contributed by atoms with Crippen molar-refractivity contribution in [3.05, 3.63) is 42.5 Å². The minimum absolute atomic E-state index is 0.276. The highest BCUT2D eigenvalue weighted by Gasteiger charge is 2.39. The maximum atomic E-state index is 6.84. The maximum Gasteiger partial charge on any atom is 0.174 e. The third-order valence-electron chi connectivity index (χ3n) is 5.66. The number of benzene rings is 1. The van der Waals surface area contributed by atoms with Crippen LogP contribution in [0.1, 0.15) is 31.5 Å². The van der Waals surface area contributed by atoms with E-state index in [1.807, 2.05) is 35.1 Å². The van der Waals surface area contributed by atoms with Gasteiger partial charge in [0.15, 0.2) is 5.82 Å². The average Bonchev–Trinajstić information content (AvgIpc) is 3.16. The molecule has 1 fully saturated rings. The van der Waals surface area contributed by atoms with Crippen LogP contribution in [-0.2, 0) is 0 Å². The zero-order chi connectivity index (χ0) is 19.7. The number of nitrogens with zero attached hydrogens (tertiary/aromatic N) is 2. The lowest BCUT2D eigenvalue weighted by atomic mass is 9.78. The molecular weight excluding hydrogens is 356 g/mol.